The third kappa shape index (κ3) is 6.19. The van der Waals surface area contributed by atoms with Crippen LogP contribution in [0.5, 0.6) is 0 Å². The Labute approximate surface area is 195 Å². The quantitative estimate of drug-likeness (QED) is 0.386. The molecule has 3 aromatic heterocycles. The Morgan fingerprint density at radius 3 is 2.79 bits per heavy atom. The minimum atomic E-state index is -0.0499. The predicted molar refractivity (Wildman–Crippen MR) is 127 cm³/mol. The van der Waals surface area contributed by atoms with E-state index in [1.54, 1.807) is 10.7 Å². The maximum Gasteiger partial charge on any atom is 0.256 e. The smallest absolute Gasteiger partial charge is 0.256 e. The maximum atomic E-state index is 13.4. The summed E-state index contributed by atoms with van der Waals surface area (Å²) in [4.78, 5) is 15.3. The third-order valence-corrected chi connectivity index (χ3v) is 6.43. The van der Waals surface area contributed by atoms with Crippen molar-refractivity contribution in [1.29, 1.82) is 0 Å². The molecule has 0 radical (unpaired) electrons. The lowest BCUT2D eigenvalue weighted by molar-refractivity contribution is -0.00178. The number of aromatic nitrogens is 5. The van der Waals surface area contributed by atoms with Crippen LogP contribution in [-0.4, -0.2) is 61.2 Å². The molecule has 8 nitrogen and oxygen atoms in total. The SMILES string of the molecule is CCCCCCCCCCn1cc(CC2COCCN2C(=O)c2ccn3ncccc23)nn1. The number of hydrogen-bond acceptors (Lipinski definition) is 5. The van der Waals surface area contributed by atoms with Crippen LogP contribution in [0, 0.1) is 0 Å². The van der Waals surface area contributed by atoms with Gasteiger partial charge in [-0.1, -0.05) is 57.1 Å². The molecule has 33 heavy (non-hydrogen) atoms. The predicted octanol–water partition coefficient (Wildman–Crippen LogP) is 4.15. The molecule has 1 unspecified atom stereocenters. The Kier molecular flexibility index (Phi) is 8.47. The lowest BCUT2D eigenvalue weighted by Gasteiger charge is -2.35. The van der Waals surface area contributed by atoms with Gasteiger partial charge in [-0.15, -0.1) is 5.10 Å². The Hall–Kier alpha value is -2.74. The number of amides is 1. The zero-order valence-electron chi connectivity index (χ0n) is 19.7. The van der Waals surface area contributed by atoms with E-state index in [0.29, 0.717) is 31.7 Å². The summed E-state index contributed by atoms with van der Waals surface area (Å²) < 4.78 is 9.38. The van der Waals surface area contributed by atoms with Gasteiger partial charge in [0.05, 0.1) is 36.0 Å². The van der Waals surface area contributed by atoms with Crippen molar-refractivity contribution >= 4 is 11.4 Å². The van der Waals surface area contributed by atoms with Crippen LogP contribution in [0.1, 0.15) is 74.3 Å². The Balaban J connectivity index is 1.29. The molecule has 0 spiro atoms. The molecular formula is C25H36N6O2. The van der Waals surface area contributed by atoms with Gasteiger partial charge in [0.2, 0.25) is 0 Å². The molecule has 1 amide bonds. The van der Waals surface area contributed by atoms with Crippen molar-refractivity contribution in [1.82, 2.24) is 29.5 Å². The third-order valence-electron chi connectivity index (χ3n) is 6.43. The van der Waals surface area contributed by atoms with Crippen molar-refractivity contribution in [2.45, 2.75) is 77.3 Å². The van der Waals surface area contributed by atoms with Crippen molar-refractivity contribution < 1.29 is 9.53 Å². The van der Waals surface area contributed by atoms with Gasteiger partial charge < -0.3 is 9.64 Å². The number of aryl methyl sites for hydroxylation is 1. The number of carbonyl (C=O) groups is 1. The van der Waals surface area contributed by atoms with Gasteiger partial charge in [0.15, 0.2) is 0 Å². The van der Waals surface area contributed by atoms with E-state index in [2.05, 4.69) is 22.3 Å². The topological polar surface area (TPSA) is 77.5 Å². The molecule has 4 rings (SSSR count). The fourth-order valence-electron chi connectivity index (χ4n) is 4.56. The molecule has 0 aromatic carbocycles. The summed E-state index contributed by atoms with van der Waals surface area (Å²) in [5, 5.41) is 13.0. The highest BCUT2D eigenvalue weighted by molar-refractivity contribution is 6.01. The van der Waals surface area contributed by atoms with E-state index < -0.39 is 0 Å². The highest BCUT2D eigenvalue weighted by Crippen LogP contribution is 2.19. The Bertz CT molecular complexity index is 1010. The van der Waals surface area contributed by atoms with E-state index in [1.165, 1.54) is 44.9 Å². The molecule has 0 saturated carbocycles. The highest BCUT2D eigenvalue weighted by Gasteiger charge is 2.30. The minimum Gasteiger partial charge on any atom is -0.377 e. The van der Waals surface area contributed by atoms with Gasteiger partial charge in [0, 0.05) is 38.1 Å². The average Bonchev–Trinajstić information content (AvgIpc) is 3.48. The summed E-state index contributed by atoms with van der Waals surface area (Å²) >= 11 is 0. The maximum absolute atomic E-state index is 13.4. The highest BCUT2D eigenvalue weighted by atomic mass is 16.5. The van der Waals surface area contributed by atoms with Crippen LogP contribution in [0.25, 0.3) is 5.52 Å². The van der Waals surface area contributed by atoms with E-state index in [4.69, 9.17) is 4.74 Å². The van der Waals surface area contributed by atoms with Crippen molar-refractivity contribution in [2.24, 2.45) is 0 Å². The molecule has 178 valence electrons. The van der Waals surface area contributed by atoms with Gasteiger partial charge in [-0.25, -0.2) is 4.52 Å². The van der Waals surface area contributed by atoms with Gasteiger partial charge in [0.1, 0.15) is 0 Å². The van der Waals surface area contributed by atoms with Crippen LogP contribution in [0.4, 0.5) is 0 Å². The van der Waals surface area contributed by atoms with Crippen molar-refractivity contribution in [3.05, 3.63) is 48.0 Å². The largest absolute Gasteiger partial charge is 0.377 e. The van der Waals surface area contributed by atoms with Crippen molar-refractivity contribution in [2.75, 3.05) is 19.8 Å². The Morgan fingerprint density at radius 1 is 1.12 bits per heavy atom. The zero-order valence-corrected chi connectivity index (χ0v) is 19.7. The molecule has 1 aliphatic rings. The molecule has 0 aliphatic carbocycles. The monoisotopic (exact) mass is 452 g/mol. The fourth-order valence-corrected chi connectivity index (χ4v) is 4.56. The van der Waals surface area contributed by atoms with Crippen LogP contribution >= 0.6 is 0 Å². The Morgan fingerprint density at radius 2 is 1.94 bits per heavy atom. The number of ether oxygens (including phenoxy) is 1. The van der Waals surface area contributed by atoms with E-state index in [1.807, 2.05) is 40.2 Å². The summed E-state index contributed by atoms with van der Waals surface area (Å²) in [6, 6.07) is 5.57. The number of unbranched alkanes of at least 4 members (excludes halogenated alkanes) is 7. The molecule has 8 heteroatoms. The number of nitrogens with zero attached hydrogens (tertiary/aromatic N) is 6. The molecule has 1 atom stereocenters. The van der Waals surface area contributed by atoms with E-state index in [0.717, 1.165) is 24.2 Å². The van der Waals surface area contributed by atoms with Crippen LogP contribution in [0.3, 0.4) is 0 Å². The molecule has 1 saturated heterocycles. The van der Waals surface area contributed by atoms with E-state index in [9.17, 15) is 4.79 Å². The van der Waals surface area contributed by atoms with Crippen LogP contribution in [0.15, 0.2) is 36.8 Å². The van der Waals surface area contributed by atoms with Gasteiger partial charge >= 0.3 is 0 Å². The van der Waals surface area contributed by atoms with Gasteiger partial charge in [-0.2, -0.15) is 5.10 Å². The van der Waals surface area contributed by atoms with E-state index >= 15 is 0 Å². The van der Waals surface area contributed by atoms with Gasteiger partial charge in [-0.3, -0.25) is 9.48 Å². The first-order chi connectivity index (χ1) is 16.3. The van der Waals surface area contributed by atoms with E-state index in [-0.39, 0.29) is 11.9 Å². The zero-order chi connectivity index (χ0) is 22.9. The van der Waals surface area contributed by atoms with Crippen molar-refractivity contribution in [3.63, 3.8) is 0 Å². The summed E-state index contributed by atoms with van der Waals surface area (Å²) in [6.07, 6.45) is 16.6. The summed E-state index contributed by atoms with van der Waals surface area (Å²) in [5.41, 5.74) is 2.41. The van der Waals surface area contributed by atoms with Gasteiger partial charge in [-0.05, 0) is 24.6 Å². The molecule has 1 fully saturated rings. The number of rotatable bonds is 12. The second-order valence-corrected chi connectivity index (χ2v) is 8.96. The van der Waals surface area contributed by atoms with Crippen LogP contribution in [-0.2, 0) is 17.7 Å². The second-order valence-electron chi connectivity index (χ2n) is 8.96. The van der Waals surface area contributed by atoms with Crippen molar-refractivity contribution in [3.8, 4) is 0 Å². The number of hydrogen-bond donors (Lipinski definition) is 0. The molecule has 3 aromatic rings. The second kappa shape index (κ2) is 11.9. The number of morpholine rings is 1. The van der Waals surface area contributed by atoms with Crippen LogP contribution in [0.2, 0.25) is 0 Å². The summed E-state index contributed by atoms with van der Waals surface area (Å²) in [5.74, 6) is 0.0186. The molecular weight excluding hydrogens is 416 g/mol. The summed E-state index contributed by atoms with van der Waals surface area (Å²) in [6.45, 7) is 4.80. The normalized spacial score (nSPS) is 16.5. The fraction of sp³-hybridized carbons (Fsp3) is 0.600. The van der Waals surface area contributed by atoms with Gasteiger partial charge in [0.25, 0.3) is 5.91 Å². The number of carbonyl (C=O) groups excluding carboxylic acids is 1. The van der Waals surface area contributed by atoms with Crippen LogP contribution < -0.4 is 0 Å². The summed E-state index contributed by atoms with van der Waals surface area (Å²) in [7, 11) is 0. The average molecular weight is 453 g/mol. The standard InChI is InChI=1S/C25H36N6O2/c1-2-3-4-5-6-7-8-9-14-29-19-21(27-28-29)18-22-20-33-17-16-30(22)25(32)23-12-15-31-24(23)11-10-13-26-31/h10-13,15,19,22H,2-9,14,16-18,20H2,1H3. The number of fused-ring (bicyclic) bond motifs is 1. The lowest BCUT2D eigenvalue weighted by Crippen LogP contribution is -2.49. The molecule has 4 heterocycles. The molecule has 1 aliphatic heterocycles. The lowest BCUT2D eigenvalue weighted by atomic mass is 10.1. The first-order valence-electron chi connectivity index (χ1n) is 12.5. The minimum absolute atomic E-state index is 0.0186. The first kappa shape index (κ1) is 23.4. The molecule has 0 bridgehead atoms. The first-order valence-corrected chi connectivity index (χ1v) is 12.5. The molecule has 0 N–H and O–H groups in total.